The number of carbonyl (C=O) groups is 1. The van der Waals surface area contributed by atoms with Crippen LogP contribution in [0.1, 0.15) is 23.7 Å². The molecule has 2 aromatic rings. The zero-order chi connectivity index (χ0) is 14.7. The molecule has 0 aliphatic carbocycles. The molecular weight excluding hydrogens is 320 g/mol. The fourth-order valence-electron chi connectivity index (χ4n) is 2.23. The van der Waals surface area contributed by atoms with E-state index < -0.39 is 0 Å². The molecule has 0 spiro atoms. The predicted octanol–water partition coefficient (Wildman–Crippen LogP) is 2.58. The molecule has 0 amide bonds. The fraction of sp³-hybridized carbons (Fsp3) is 0.333. The van der Waals surface area contributed by atoms with Gasteiger partial charge in [0.25, 0.3) is 0 Å². The summed E-state index contributed by atoms with van der Waals surface area (Å²) in [6.07, 6.45) is 2.60. The summed E-state index contributed by atoms with van der Waals surface area (Å²) in [7, 11) is 1.90. The minimum atomic E-state index is -0.192. The lowest BCUT2D eigenvalue weighted by atomic mass is 10.1. The number of hydrogen-bond donors (Lipinski definition) is 1. The Morgan fingerprint density at radius 3 is 2.80 bits per heavy atom. The van der Waals surface area contributed by atoms with Gasteiger partial charge in [0.1, 0.15) is 0 Å². The third-order valence-electron chi connectivity index (χ3n) is 3.25. The summed E-state index contributed by atoms with van der Waals surface area (Å²) in [5.74, 6) is -0.192. The summed E-state index contributed by atoms with van der Waals surface area (Å²) in [4.78, 5) is 23.9. The zero-order valence-corrected chi connectivity index (χ0v) is 13.2. The Balaban J connectivity index is 2.63. The maximum absolute atomic E-state index is 12.3. The lowest BCUT2D eigenvalue weighted by Crippen LogP contribution is -2.19. The van der Waals surface area contributed by atoms with Crippen molar-refractivity contribution >= 4 is 32.6 Å². The van der Waals surface area contributed by atoms with E-state index in [9.17, 15) is 9.59 Å². The lowest BCUT2D eigenvalue weighted by molar-refractivity contribution is 0.101. The molecule has 4 nitrogen and oxygen atoms in total. The van der Waals surface area contributed by atoms with Crippen LogP contribution in [-0.4, -0.2) is 23.9 Å². The van der Waals surface area contributed by atoms with Crippen molar-refractivity contribution in [3.63, 3.8) is 0 Å². The molecule has 1 aromatic heterocycles. The van der Waals surface area contributed by atoms with Gasteiger partial charge in [0, 0.05) is 22.6 Å². The van der Waals surface area contributed by atoms with Crippen LogP contribution in [0.25, 0.3) is 10.9 Å². The molecule has 0 saturated carbocycles. The second-order valence-electron chi connectivity index (χ2n) is 4.74. The first-order chi connectivity index (χ1) is 9.54. The summed E-state index contributed by atoms with van der Waals surface area (Å²) in [5, 5.41) is 3.68. The van der Waals surface area contributed by atoms with Crippen molar-refractivity contribution < 1.29 is 4.79 Å². The summed E-state index contributed by atoms with van der Waals surface area (Å²) in [6, 6.07) is 5.51. The number of aryl methyl sites for hydroxylation is 1. The Morgan fingerprint density at radius 2 is 2.15 bits per heavy atom. The van der Waals surface area contributed by atoms with Crippen LogP contribution >= 0.6 is 15.9 Å². The predicted molar refractivity (Wildman–Crippen MR) is 84.5 cm³/mol. The van der Waals surface area contributed by atoms with Gasteiger partial charge in [0.15, 0.2) is 11.2 Å². The first kappa shape index (κ1) is 14.9. The Hall–Kier alpha value is -1.46. The second kappa shape index (κ2) is 6.33. The van der Waals surface area contributed by atoms with Gasteiger partial charge in [-0.15, -0.1) is 0 Å². The number of hydrogen-bond acceptors (Lipinski definition) is 3. The molecular formula is C15H17BrN2O2. The highest BCUT2D eigenvalue weighted by atomic mass is 79.9. The normalized spacial score (nSPS) is 10.9. The average Bonchev–Trinajstić information content (AvgIpc) is 2.41. The molecule has 1 N–H and O–H groups in total. The van der Waals surface area contributed by atoms with Crippen molar-refractivity contribution in [3.8, 4) is 0 Å². The van der Waals surface area contributed by atoms with Crippen molar-refractivity contribution in [2.24, 2.45) is 0 Å². The van der Waals surface area contributed by atoms with Gasteiger partial charge in [0.2, 0.25) is 0 Å². The summed E-state index contributed by atoms with van der Waals surface area (Å²) >= 11 is 3.43. The van der Waals surface area contributed by atoms with Gasteiger partial charge in [-0.05, 0) is 45.1 Å². The van der Waals surface area contributed by atoms with Crippen LogP contribution in [0.4, 0.5) is 0 Å². The van der Waals surface area contributed by atoms with Crippen LogP contribution in [-0.2, 0) is 6.54 Å². The van der Waals surface area contributed by atoms with Crippen LogP contribution < -0.4 is 10.7 Å². The molecule has 0 atom stereocenters. The third kappa shape index (κ3) is 2.99. The molecule has 2 rings (SSSR count). The van der Waals surface area contributed by atoms with Gasteiger partial charge in [0.05, 0.1) is 11.1 Å². The summed E-state index contributed by atoms with van der Waals surface area (Å²) < 4.78 is 2.90. The fourth-order valence-corrected chi connectivity index (χ4v) is 2.57. The lowest BCUT2D eigenvalue weighted by Gasteiger charge is -2.13. The van der Waals surface area contributed by atoms with E-state index in [0.29, 0.717) is 5.39 Å². The second-order valence-corrected chi connectivity index (χ2v) is 5.66. The van der Waals surface area contributed by atoms with Crippen LogP contribution in [0.15, 0.2) is 33.7 Å². The van der Waals surface area contributed by atoms with Gasteiger partial charge in [-0.3, -0.25) is 9.59 Å². The molecule has 106 valence electrons. The van der Waals surface area contributed by atoms with Gasteiger partial charge < -0.3 is 9.88 Å². The van der Waals surface area contributed by atoms with Crippen molar-refractivity contribution in [2.45, 2.75) is 19.9 Å². The molecule has 0 fully saturated rings. The number of benzene rings is 1. The molecule has 0 radical (unpaired) electrons. The summed E-state index contributed by atoms with van der Waals surface area (Å²) in [5.41, 5.74) is 0.916. The maximum Gasteiger partial charge on any atom is 0.200 e. The topological polar surface area (TPSA) is 51.1 Å². The zero-order valence-electron chi connectivity index (χ0n) is 11.6. The minimum absolute atomic E-state index is 0.190. The number of rotatable bonds is 5. The Labute approximate surface area is 125 Å². The van der Waals surface area contributed by atoms with Crippen molar-refractivity contribution in [1.29, 1.82) is 0 Å². The minimum Gasteiger partial charge on any atom is -0.346 e. The number of fused-ring (bicyclic) bond motifs is 1. The largest absolute Gasteiger partial charge is 0.346 e. The number of ketones is 1. The van der Waals surface area contributed by atoms with E-state index in [1.165, 1.54) is 6.92 Å². The third-order valence-corrected chi connectivity index (χ3v) is 3.74. The highest BCUT2D eigenvalue weighted by molar-refractivity contribution is 9.10. The first-order valence-electron chi connectivity index (χ1n) is 6.53. The Kier molecular flexibility index (Phi) is 4.73. The molecule has 0 aliphatic heterocycles. The quantitative estimate of drug-likeness (QED) is 0.674. The number of Topliss-reactive ketones (excluding diaryl/α,β-unsaturated/α-hetero) is 1. The van der Waals surface area contributed by atoms with Crippen molar-refractivity contribution in [3.05, 3.63) is 44.7 Å². The molecule has 0 saturated heterocycles. The SMILES string of the molecule is CNCCCn1cc(C(C)=O)c(=O)c2ccc(Br)cc21. The van der Waals surface area contributed by atoms with E-state index in [2.05, 4.69) is 21.2 Å². The van der Waals surface area contributed by atoms with Crippen molar-refractivity contribution in [1.82, 2.24) is 9.88 Å². The van der Waals surface area contributed by atoms with E-state index >= 15 is 0 Å². The number of halogens is 1. The van der Waals surface area contributed by atoms with E-state index in [0.717, 1.165) is 29.5 Å². The highest BCUT2D eigenvalue weighted by Crippen LogP contribution is 2.18. The van der Waals surface area contributed by atoms with E-state index in [1.807, 2.05) is 23.7 Å². The van der Waals surface area contributed by atoms with E-state index in [-0.39, 0.29) is 16.8 Å². The molecule has 5 heteroatoms. The first-order valence-corrected chi connectivity index (χ1v) is 7.32. The van der Waals surface area contributed by atoms with Gasteiger partial charge >= 0.3 is 0 Å². The maximum atomic E-state index is 12.3. The molecule has 0 bridgehead atoms. The highest BCUT2D eigenvalue weighted by Gasteiger charge is 2.12. The van der Waals surface area contributed by atoms with Crippen LogP contribution in [0.3, 0.4) is 0 Å². The molecule has 20 heavy (non-hydrogen) atoms. The average molecular weight is 337 g/mol. The standard InChI is InChI=1S/C15H17BrN2O2/c1-10(19)13-9-18(7-3-6-17-2)14-8-11(16)4-5-12(14)15(13)20/h4-5,8-9,17H,3,6-7H2,1-2H3. The Bertz CT molecular complexity index is 707. The van der Waals surface area contributed by atoms with E-state index in [4.69, 9.17) is 0 Å². The van der Waals surface area contributed by atoms with Crippen molar-refractivity contribution in [2.75, 3.05) is 13.6 Å². The van der Waals surface area contributed by atoms with Gasteiger partial charge in [-0.1, -0.05) is 15.9 Å². The van der Waals surface area contributed by atoms with Gasteiger partial charge in [-0.25, -0.2) is 0 Å². The number of nitrogens with zero attached hydrogens (tertiary/aromatic N) is 1. The van der Waals surface area contributed by atoms with Crippen LogP contribution in [0.2, 0.25) is 0 Å². The monoisotopic (exact) mass is 336 g/mol. The molecule has 0 unspecified atom stereocenters. The van der Waals surface area contributed by atoms with Crippen LogP contribution in [0, 0.1) is 0 Å². The Morgan fingerprint density at radius 1 is 1.40 bits per heavy atom. The molecule has 1 heterocycles. The molecule has 1 aromatic carbocycles. The number of nitrogens with one attached hydrogen (secondary N) is 1. The van der Waals surface area contributed by atoms with E-state index in [1.54, 1.807) is 12.3 Å². The van der Waals surface area contributed by atoms with Crippen LogP contribution in [0.5, 0.6) is 0 Å². The smallest absolute Gasteiger partial charge is 0.200 e. The summed E-state index contributed by atoms with van der Waals surface area (Å²) in [6.45, 7) is 3.07. The van der Waals surface area contributed by atoms with Gasteiger partial charge in [-0.2, -0.15) is 0 Å². The number of pyridine rings is 1. The molecule has 0 aliphatic rings. The number of carbonyl (C=O) groups excluding carboxylic acids is 1. The number of aromatic nitrogens is 1.